The molecule has 0 bridgehead atoms. The third kappa shape index (κ3) is 1.78. The van der Waals surface area contributed by atoms with E-state index in [0.29, 0.717) is 17.9 Å². The van der Waals surface area contributed by atoms with Gasteiger partial charge in [-0.3, -0.25) is 9.59 Å². The van der Waals surface area contributed by atoms with Crippen LogP contribution < -0.4 is 4.74 Å². The minimum atomic E-state index is -0.290. The number of ether oxygens (including phenoxy) is 2. The van der Waals surface area contributed by atoms with Crippen LogP contribution in [-0.4, -0.2) is 26.0 Å². The fourth-order valence-corrected chi connectivity index (χ4v) is 1.95. The lowest BCUT2D eigenvalue weighted by molar-refractivity contribution is -0.141. The zero-order valence-corrected chi connectivity index (χ0v) is 8.93. The van der Waals surface area contributed by atoms with Gasteiger partial charge in [0.25, 0.3) is 0 Å². The third-order valence-corrected chi connectivity index (χ3v) is 2.72. The largest absolute Gasteiger partial charge is 0.493 e. The molecule has 0 aliphatic carbocycles. The molecule has 1 aliphatic heterocycles. The highest BCUT2D eigenvalue weighted by Crippen LogP contribution is 2.37. The van der Waals surface area contributed by atoms with Crippen molar-refractivity contribution in [2.24, 2.45) is 0 Å². The number of carbonyl (C=O) groups is 2. The van der Waals surface area contributed by atoms with Crippen LogP contribution in [0.5, 0.6) is 5.75 Å². The van der Waals surface area contributed by atoms with Crippen LogP contribution in [-0.2, 0) is 9.53 Å². The molecule has 1 atom stereocenters. The summed E-state index contributed by atoms with van der Waals surface area (Å²) in [7, 11) is 1.35. The quantitative estimate of drug-likeness (QED) is 0.572. The first kappa shape index (κ1) is 10.7. The van der Waals surface area contributed by atoms with Crippen molar-refractivity contribution in [2.75, 3.05) is 13.7 Å². The highest BCUT2D eigenvalue weighted by atomic mass is 16.5. The van der Waals surface area contributed by atoms with E-state index in [9.17, 15) is 9.59 Å². The van der Waals surface area contributed by atoms with Gasteiger partial charge in [-0.15, -0.1) is 0 Å². The van der Waals surface area contributed by atoms with Crippen LogP contribution in [0, 0.1) is 0 Å². The number of carbonyl (C=O) groups excluding carboxylic acids is 2. The number of hydrogen-bond donors (Lipinski definition) is 0. The number of benzene rings is 1. The van der Waals surface area contributed by atoms with E-state index in [1.807, 2.05) is 0 Å². The van der Waals surface area contributed by atoms with Gasteiger partial charge in [0, 0.05) is 17.0 Å². The first-order valence-corrected chi connectivity index (χ1v) is 5.04. The molecular formula is C12H12O4. The zero-order valence-electron chi connectivity index (χ0n) is 8.93. The van der Waals surface area contributed by atoms with E-state index < -0.39 is 0 Å². The molecular weight excluding hydrogens is 208 g/mol. The first-order valence-electron chi connectivity index (χ1n) is 5.04. The van der Waals surface area contributed by atoms with Crippen LogP contribution in [0.25, 0.3) is 0 Å². The van der Waals surface area contributed by atoms with Crippen LogP contribution >= 0.6 is 0 Å². The summed E-state index contributed by atoms with van der Waals surface area (Å²) in [6, 6.07) is 5.30. The lowest BCUT2D eigenvalue weighted by Crippen LogP contribution is -2.10. The normalized spacial score (nSPS) is 17.4. The van der Waals surface area contributed by atoms with E-state index in [-0.39, 0.29) is 18.3 Å². The number of esters is 1. The highest BCUT2D eigenvalue weighted by molar-refractivity contribution is 5.80. The topological polar surface area (TPSA) is 52.6 Å². The summed E-state index contributed by atoms with van der Waals surface area (Å²) in [4.78, 5) is 22.1. The van der Waals surface area contributed by atoms with Crippen LogP contribution in [0.4, 0.5) is 0 Å². The predicted octanol–water partition coefficient (Wildman–Crippen LogP) is 1.54. The predicted molar refractivity (Wildman–Crippen MR) is 56.7 cm³/mol. The van der Waals surface area contributed by atoms with Crippen molar-refractivity contribution in [3.63, 3.8) is 0 Å². The van der Waals surface area contributed by atoms with Crippen LogP contribution in [0.3, 0.4) is 0 Å². The molecule has 0 fully saturated rings. The first-order chi connectivity index (χ1) is 7.76. The minimum Gasteiger partial charge on any atom is -0.493 e. The van der Waals surface area contributed by atoms with E-state index in [4.69, 9.17) is 4.74 Å². The van der Waals surface area contributed by atoms with Gasteiger partial charge in [-0.1, -0.05) is 12.1 Å². The van der Waals surface area contributed by atoms with Gasteiger partial charge in [0.1, 0.15) is 12.0 Å². The number of aldehydes is 1. The fourth-order valence-electron chi connectivity index (χ4n) is 1.95. The van der Waals surface area contributed by atoms with Gasteiger partial charge in [0.05, 0.1) is 20.1 Å². The Balaban J connectivity index is 2.30. The molecule has 84 valence electrons. The van der Waals surface area contributed by atoms with E-state index in [0.717, 1.165) is 11.8 Å². The molecule has 0 radical (unpaired) electrons. The monoisotopic (exact) mass is 220 g/mol. The molecule has 0 N–H and O–H groups in total. The smallest absolute Gasteiger partial charge is 0.306 e. The molecule has 0 saturated heterocycles. The van der Waals surface area contributed by atoms with Gasteiger partial charge < -0.3 is 9.47 Å². The summed E-state index contributed by atoms with van der Waals surface area (Å²) in [6.45, 7) is 0.426. The van der Waals surface area contributed by atoms with Crippen LogP contribution in [0.15, 0.2) is 18.2 Å². The summed E-state index contributed by atoms with van der Waals surface area (Å²) in [6.07, 6.45) is 1.03. The molecule has 16 heavy (non-hydrogen) atoms. The van der Waals surface area contributed by atoms with Crippen molar-refractivity contribution in [2.45, 2.75) is 12.3 Å². The molecule has 4 heteroatoms. The molecule has 1 aromatic rings. The number of hydrogen-bond acceptors (Lipinski definition) is 4. The van der Waals surface area contributed by atoms with Crippen LogP contribution in [0.2, 0.25) is 0 Å². The highest BCUT2D eigenvalue weighted by Gasteiger charge is 2.28. The maximum absolute atomic E-state index is 11.2. The third-order valence-electron chi connectivity index (χ3n) is 2.72. The molecule has 2 rings (SSSR count). The molecule has 1 aliphatic rings. The molecule has 0 aromatic heterocycles. The Hall–Kier alpha value is -1.84. The van der Waals surface area contributed by atoms with Crippen molar-refractivity contribution in [1.29, 1.82) is 0 Å². The van der Waals surface area contributed by atoms with E-state index in [2.05, 4.69) is 4.74 Å². The summed E-state index contributed by atoms with van der Waals surface area (Å²) < 4.78 is 10.1. The van der Waals surface area contributed by atoms with E-state index in [1.54, 1.807) is 18.2 Å². The minimum absolute atomic E-state index is 0.0798. The Morgan fingerprint density at radius 2 is 2.44 bits per heavy atom. The maximum atomic E-state index is 11.2. The van der Waals surface area contributed by atoms with Gasteiger partial charge in [-0.25, -0.2) is 0 Å². The summed E-state index contributed by atoms with van der Waals surface area (Å²) in [5.41, 5.74) is 1.41. The second kappa shape index (κ2) is 4.35. The van der Waals surface area contributed by atoms with Crippen molar-refractivity contribution in [3.8, 4) is 5.75 Å². The second-order valence-electron chi connectivity index (χ2n) is 3.67. The van der Waals surface area contributed by atoms with Crippen molar-refractivity contribution in [3.05, 3.63) is 29.3 Å². The molecule has 1 aromatic carbocycles. The van der Waals surface area contributed by atoms with Crippen LogP contribution in [0.1, 0.15) is 28.3 Å². The van der Waals surface area contributed by atoms with E-state index >= 15 is 0 Å². The van der Waals surface area contributed by atoms with Crippen molar-refractivity contribution < 1.29 is 19.1 Å². The standard InChI is InChI=1S/C12H12O4/c1-15-11(14)5-9-7-16-10-4-2-3-8(6-13)12(9)10/h2-4,6,9H,5,7H2,1H3. The number of methoxy groups -OCH3 is 1. The lowest BCUT2D eigenvalue weighted by atomic mass is 9.94. The van der Waals surface area contributed by atoms with Gasteiger partial charge in [-0.2, -0.15) is 0 Å². The Bertz CT molecular complexity index is 425. The van der Waals surface area contributed by atoms with Gasteiger partial charge in [-0.05, 0) is 6.07 Å². The molecule has 4 nitrogen and oxygen atoms in total. The van der Waals surface area contributed by atoms with Crippen molar-refractivity contribution in [1.82, 2.24) is 0 Å². The Morgan fingerprint density at radius 1 is 1.62 bits per heavy atom. The Morgan fingerprint density at radius 3 is 3.12 bits per heavy atom. The average Bonchev–Trinajstić information content (AvgIpc) is 2.72. The molecule has 1 unspecified atom stereocenters. The Kier molecular flexibility index (Phi) is 2.90. The van der Waals surface area contributed by atoms with Gasteiger partial charge >= 0.3 is 5.97 Å². The SMILES string of the molecule is COC(=O)CC1COc2cccc(C=O)c21. The number of rotatable bonds is 3. The van der Waals surface area contributed by atoms with Crippen molar-refractivity contribution >= 4 is 12.3 Å². The molecule has 0 spiro atoms. The lowest BCUT2D eigenvalue weighted by Gasteiger charge is -2.08. The summed E-state index contributed by atoms with van der Waals surface area (Å²) >= 11 is 0. The Labute approximate surface area is 93.2 Å². The average molecular weight is 220 g/mol. The molecule has 0 saturated carbocycles. The number of fused-ring (bicyclic) bond motifs is 1. The summed E-state index contributed by atoms with van der Waals surface area (Å²) in [5.74, 6) is 0.324. The van der Waals surface area contributed by atoms with Gasteiger partial charge in [0.2, 0.25) is 0 Å². The maximum Gasteiger partial charge on any atom is 0.306 e. The van der Waals surface area contributed by atoms with Gasteiger partial charge in [0.15, 0.2) is 0 Å². The molecule has 0 amide bonds. The van der Waals surface area contributed by atoms with E-state index in [1.165, 1.54) is 7.11 Å². The summed E-state index contributed by atoms with van der Waals surface area (Å²) in [5, 5.41) is 0. The molecule has 1 heterocycles. The zero-order chi connectivity index (χ0) is 11.5. The fraction of sp³-hybridized carbons (Fsp3) is 0.333. The second-order valence-corrected chi connectivity index (χ2v) is 3.67.